The van der Waals surface area contributed by atoms with E-state index in [2.05, 4.69) is 15.1 Å². The third-order valence-electron chi connectivity index (χ3n) is 3.07. The highest BCUT2D eigenvalue weighted by molar-refractivity contribution is 7.98. The molecule has 102 valence electrons. The van der Waals surface area contributed by atoms with Crippen LogP contribution in [-0.2, 0) is 4.74 Å². The molecule has 1 fully saturated rings. The van der Waals surface area contributed by atoms with E-state index in [1.54, 1.807) is 4.68 Å². The minimum atomic E-state index is -0.121. The summed E-state index contributed by atoms with van der Waals surface area (Å²) < 4.78 is 7.46. The number of hydrogen-bond acceptors (Lipinski definition) is 5. The number of fused-ring (bicyclic) bond motifs is 1. The lowest BCUT2D eigenvalue weighted by atomic mass is 10.2. The predicted molar refractivity (Wildman–Crippen MR) is 76.0 cm³/mol. The van der Waals surface area contributed by atoms with Gasteiger partial charge in [0.2, 0.25) is 5.28 Å². The minimum absolute atomic E-state index is 0.121. The Morgan fingerprint density at radius 1 is 1.32 bits per heavy atom. The number of rotatable bonds is 2. The van der Waals surface area contributed by atoms with E-state index in [1.165, 1.54) is 11.8 Å². The second-order valence-corrected chi connectivity index (χ2v) is 5.75. The van der Waals surface area contributed by atoms with Crippen LogP contribution in [-0.4, -0.2) is 32.6 Å². The topological polar surface area (TPSA) is 52.8 Å². The molecule has 3 heterocycles. The van der Waals surface area contributed by atoms with Crippen molar-refractivity contribution in [3.8, 4) is 0 Å². The zero-order chi connectivity index (χ0) is 13.4. The van der Waals surface area contributed by atoms with Crippen LogP contribution in [0.15, 0.2) is 5.03 Å². The van der Waals surface area contributed by atoms with Crippen LogP contribution in [0.4, 0.5) is 0 Å². The Balaban J connectivity index is 2.17. The fourth-order valence-electron chi connectivity index (χ4n) is 2.21. The molecule has 0 bridgehead atoms. The van der Waals surface area contributed by atoms with Gasteiger partial charge in [-0.05, 0) is 37.1 Å². The van der Waals surface area contributed by atoms with E-state index in [0.29, 0.717) is 10.8 Å². The molecule has 0 N–H and O–H groups in total. The maximum Gasteiger partial charge on any atom is 0.225 e. The van der Waals surface area contributed by atoms with Crippen molar-refractivity contribution in [1.82, 2.24) is 19.7 Å². The third-order valence-corrected chi connectivity index (χ3v) is 4.19. The van der Waals surface area contributed by atoms with Gasteiger partial charge in [-0.3, -0.25) is 0 Å². The van der Waals surface area contributed by atoms with E-state index in [0.717, 1.165) is 36.3 Å². The summed E-state index contributed by atoms with van der Waals surface area (Å²) in [6.07, 6.45) is 4.89. The van der Waals surface area contributed by atoms with Gasteiger partial charge in [-0.1, -0.05) is 11.6 Å². The fourth-order valence-corrected chi connectivity index (χ4v) is 3.30. The highest BCUT2D eigenvalue weighted by atomic mass is 35.5. The van der Waals surface area contributed by atoms with Crippen LogP contribution >= 0.6 is 35.0 Å². The summed E-state index contributed by atoms with van der Waals surface area (Å²) in [5.74, 6) is 0. The van der Waals surface area contributed by atoms with Crippen molar-refractivity contribution in [2.75, 3.05) is 12.9 Å². The van der Waals surface area contributed by atoms with Crippen LogP contribution < -0.4 is 0 Å². The van der Waals surface area contributed by atoms with Crippen molar-refractivity contribution in [1.29, 1.82) is 0 Å². The van der Waals surface area contributed by atoms with Crippen molar-refractivity contribution in [2.45, 2.75) is 30.5 Å². The summed E-state index contributed by atoms with van der Waals surface area (Å²) in [7, 11) is 0. The largest absolute Gasteiger partial charge is 0.356 e. The number of thioether (sulfide) groups is 1. The van der Waals surface area contributed by atoms with Crippen molar-refractivity contribution in [2.24, 2.45) is 0 Å². The average molecular weight is 319 g/mol. The molecule has 1 unspecified atom stereocenters. The number of aromatic nitrogens is 4. The number of ether oxygens (including phenoxy) is 1. The smallest absolute Gasteiger partial charge is 0.225 e. The monoisotopic (exact) mass is 318 g/mol. The molecule has 3 rings (SSSR count). The Labute approximate surface area is 124 Å². The first-order valence-electron chi connectivity index (χ1n) is 5.97. The number of nitrogens with zero attached hydrogens (tertiary/aromatic N) is 4. The van der Waals surface area contributed by atoms with E-state index < -0.39 is 0 Å². The molecule has 0 aliphatic carbocycles. The van der Waals surface area contributed by atoms with Gasteiger partial charge in [0.25, 0.3) is 0 Å². The maximum absolute atomic E-state index is 6.21. The van der Waals surface area contributed by atoms with Gasteiger partial charge in [0.05, 0.1) is 5.39 Å². The van der Waals surface area contributed by atoms with E-state index in [1.807, 2.05) is 6.26 Å². The first-order valence-corrected chi connectivity index (χ1v) is 7.95. The standard InChI is InChI=1S/C11H12Cl2N4OS/c1-19-10-7-8(12)16-17(6-4-2-3-5-18-6)9(7)14-11(13)15-10/h6H,2-5H2,1H3. The van der Waals surface area contributed by atoms with E-state index in [9.17, 15) is 0 Å². The first kappa shape index (κ1) is 13.4. The molecule has 0 spiro atoms. The quantitative estimate of drug-likeness (QED) is 0.481. The van der Waals surface area contributed by atoms with Gasteiger partial charge in [-0.25, -0.2) is 9.67 Å². The summed E-state index contributed by atoms with van der Waals surface area (Å²) >= 11 is 13.6. The zero-order valence-electron chi connectivity index (χ0n) is 10.3. The molecular weight excluding hydrogens is 307 g/mol. The van der Waals surface area contributed by atoms with Crippen LogP contribution in [0.2, 0.25) is 10.4 Å². The summed E-state index contributed by atoms with van der Waals surface area (Å²) in [6, 6.07) is 0. The van der Waals surface area contributed by atoms with Crippen LogP contribution in [0.5, 0.6) is 0 Å². The average Bonchev–Trinajstić information content (AvgIpc) is 2.76. The van der Waals surface area contributed by atoms with Gasteiger partial charge in [-0.15, -0.1) is 11.8 Å². The Morgan fingerprint density at radius 2 is 2.16 bits per heavy atom. The molecule has 8 heteroatoms. The Bertz CT molecular complexity index is 612. The lowest BCUT2D eigenvalue weighted by molar-refractivity contribution is -0.0369. The van der Waals surface area contributed by atoms with Crippen molar-refractivity contribution < 1.29 is 4.74 Å². The number of hydrogen-bond donors (Lipinski definition) is 0. The molecule has 0 amide bonds. The molecule has 1 saturated heterocycles. The van der Waals surface area contributed by atoms with Crippen LogP contribution in [0.25, 0.3) is 11.0 Å². The Kier molecular flexibility index (Phi) is 3.84. The van der Waals surface area contributed by atoms with E-state index in [-0.39, 0.29) is 11.5 Å². The highest BCUT2D eigenvalue weighted by Crippen LogP contribution is 2.34. The third kappa shape index (κ3) is 2.42. The van der Waals surface area contributed by atoms with E-state index in [4.69, 9.17) is 27.9 Å². The van der Waals surface area contributed by atoms with Crippen molar-refractivity contribution in [3.05, 3.63) is 10.4 Å². The van der Waals surface area contributed by atoms with Gasteiger partial charge in [0.15, 0.2) is 17.0 Å². The maximum atomic E-state index is 6.21. The van der Waals surface area contributed by atoms with Gasteiger partial charge in [-0.2, -0.15) is 10.1 Å². The van der Waals surface area contributed by atoms with Gasteiger partial charge < -0.3 is 4.74 Å². The van der Waals surface area contributed by atoms with Crippen LogP contribution in [0.3, 0.4) is 0 Å². The molecule has 19 heavy (non-hydrogen) atoms. The minimum Gasteiger partial charge on any atom is -0.356 e. The SMILES string of the molecule is CSc1nc(Cl)nc2c1c(Cl)nn2C1CCCCO1. The van der Waals surface area contributed by atoms with Gasteiger partial charge in [0.1, 0.15) is 5.03 Å². The predicted octanol–water partition coefficient (Wildman–Crippen LogP) is 3.55. The van der Waals surface area contributed by atoms with Gasteiger partial charge in [0, 0.05) is 6.61 Å². The lowest BCUT2D eigenvalue weighted by Crippen LogP contribution is -2.19. The van der Waals surface area contributed by atoms with Crippen LogP contribution in [0.1, 0.15) is 25.5 Å². The Hall–Kier alpha value is -0.560. The Morgan fingerprint density at radius 3 is 2.84 bits per heavy atom. The summed E-state index contributed by atoms with van der Waals surface area (Å²) in [5, 5.41) is 6.42. The molecule has 2 aromatic heterocycles. The molecule has 2 aromatic rings. The summed E-state index contributed by atoms with van der Waals surface area (Å²) in [6.45, 7) is 0.734. The van der Waals surface area contributed by atoms with Crippen molar-refractivity contribution in [3.63, 3.8) is 0 Å². The normalized spacial score (nSPS) is 20.1. The first-order chi connectivity index (χ1) is 9.20. The van der Waals surface area contributed by atoms with E-state index >= 15 is 0 Å². The molecular formula is C11H12Cl2N4OS. The summed E-state index contributed by atoms with van der Waals surface area (Å²) in [4.78, 5) is 8.44. The summed E-state index contributed by atoms with van der Waals surface area (Å²) in [5.41, 5.74) is 0.640. The second kappa shape index (κ2) is 5.44. The molecule has 0 radical (unpaired) electrons. The molecule has 0 aromatic carbocycles. The molecule has 1 atom stereocenters. The molecule has 1 aliphatic heterocycles. The lowest BCUT2D eigenvalue weighted by Gasteiger charge is -2.22. The fraction of sp³-hybridized carbons (Fsp3) is 0.545. The van der Waals surface area contributed by atoms with Crippen LogP contribution in [0, 0.1) is 0 Å². The highest BCUT2D eigenvalue weighted by Gasteiger charge is 2.23. The zero-order valence-corrected chi connectivity index (χ0v) is 12.6. The second-order valence-electron chi connectivity index (χ2n) is 4.26. The molecule has 0 saturated carbocycles. The molecule has 5 nitrogen and oxygen atoms in total. The number of halogens is 2. The molecule has 1 aliphatic rings. The van der Waals surface area contributed by atoms with Gasteiger partial charge >= 0.3 is 0 Å². The van der Waals surface area contributed by atoms with Crippen molar-refractivity contribution >= 4 is 46.0 Å².